The van der Waals surface area contributed by atoms with Gasteiger partial charge in [-0.15, -0.1) is 0 Å². The Labute approximate surface area is 90.9 Å². The SMILES string of the molecule is CCC(C)OC(=O)OCCCCC(C)=O. The topological polar surface area (TPSA) is 52.6 Å². The summed E-state index contributed by atoms with van der Waals surface area (Å²) >= 11 is 0. The molecular formula is C11H20O4. The van der Waals surface area contributed by atoms with Gasteiger partial charge in [-0.25, -0.2) is 4.79 Å². The summed E-state index contributed by atoms with van der Waals surface area (Å²) in [5.41, 5.74) is 0. The molecule has 4 nitrogen and oxygen atoms in total. The van der Waals surface area contributed by atoms with E-state index >= 15 is 0 Å². The first-order chi connectivity index (χ1) is 7.06. The van der Waals surface area contributed by atoms with Gasteiger partial charge in [0.25, 0.3) is 0 Å². The third-order valence-corrected chi connectivity index (χ3v) is 2.02. The van der Waals surface area contributed by atoms with Crippen LogP contribution in [0.4, 0.5) is 4.79 Å². The van der Waals surface area contributed by atoms with Crippen molar-refractivity contribution >= 4 is 11.9 Å². The number of carbonyl (C=O) groups excluding carboxylic acids is 2. The number of ketones is 1. The maximum Gasteiger partial charge on any atom is 0.508 e. The molecule has 88 valence electrons. The second-order valence-electron chi connectivity index (χ2n) is 3.59. The molecule has 15 heavy (non-hydrogen) atoms. The van der Waals surface area contributed by atoms with Crippen molar-refractivity contribution in [3.63, 3.8) is 0 Å². The summed E-state index contributed by atoms with van der Waals surface area (Å²) in [7, 11) is 0. The minimum absolute atomic E-state index is 0.102. The Morgan fingerprint density at radius 2 is 1.93 bits per heavy atom. The first-order valence-corrected chi connectivity index (χ1v) is 5.39. The zero-order chi connectivity index (χ0) is 11.7. The van der Waals surface area contributed by atoms with Gasteiger partial charge in [0, 0.05) is 6.42 Å². The lowest BCUT2D eigenvalue weighted by Crippen LogP contribution is -2.15. The van der Waals surface area contributed by atoms with Crippen LogP contribution in [0.15, 0.2) is 0 Å². The average molecular weight is 216 g/mol. The fraction of sp³-hybridized carbons (Fsp3) is 0.818. The number of carbonyl (C=O) groups is 2. The van der Waals surface area contributed by atoms with Crippen LogP contribution in [-0.2, 0) is 14.3 Å². The van der Waals surface area contributed by atoms with Crippen LogP contribution < -0.4 is 0 Å². The van der Waals surface area contributed by atoms with E-state index in [-0.39, 0.29) is 11.9 Å². The standard InChI is InChI=1S/C11H20O4/c1-4-10(3)15-11(13)14-8-6-5-7-9(2)12/h10H,4-8H2,1-3H3. The van der Waals surface area contributed by atoms with Gasteiger partial charge >= 0.3 is 6.16 Å². The third-order valence-electron chi connectivity index (χ3n) is 2.02. The van der Waals surface area contributed by atoms with Crippen molar-refractivity contribution in [3.05, 3.63) is 0 Å². The van der Waals surface area contributed by atoms with Gasteiger partial charge < -0.3 is 14.3 Å². The first-order valence-electron chi connectivity index (χ1n) is 5.39. The molecule has 0 fully saturated rings. The van der Waals surface area contributed by atoms with Crippen LogP contribution in [0, 0.1) is 0 Å². The monoisotopic (exact) mass is 216 g/mol. The molecule has 1 unspecified atom stereocenters. The summed E-state index contributed by atoms with van der Waals surface area (Å²) in [4.78, 5) is 21.6. The summed E-state index contributed by atoms with van der Waals surface area (Å²) in [6, 6.07) is 0. The molecule has 0 heterocycles. The van der Waals surface area contributed by atoms with Gasteiger partial charge in [0.2, 0.25) is 0 Å². The molecule has 0 saturated carbocycles. The van der Waals surface area contributed by atoms with Crippen molar-refractivity contribution < 1.29 is 19.1 Å². The fourth-order valence-corrected chi connectivity index (χ4v) is 0.913. The van der Waals surface area contributed by atoms with Crippen LogP contribution >= 0.6 is 0 Å². The highest BCUT2D eigenvalue weighted by atomic mass is 16.7. The Hall–Kier alpha value is -1.06. The zero-order valence-corrected chi connectivity index (χ0v) is 9.75. The summed E-state index contributed by atoms with van der Waals surface area (Å²) in [6.07, 6.45) is 2.06. The Kier molecular flexibility index (Phi) is 7.68. The van der Waals surface area contributed by atoms with Crippen molar-refractivity contribution in [2.75, 3.05) is 6.61 Å². The average Bonchev–Trinajstić information content (AvgIpc) is 2.16. The van der Waals surface area contributed by atoms with E-state index < -0.39 is 6.16 Å². The van der Waals surface area contributed by atoms with E-state index in [2.05, 4.69) is 0 Å². The molecule has 0 amide bonds. The fourth-order valence-electron chi connectivity index (χ4n) is 0.913. The second-order valence-corrected chi connectivity index (χ2v) is 3.59. The molecule has 0 aromatic carbocycles. The highest BCUT2D eigenvalue weighted by molar-refractivity contribution is 5.75. The molecule has 4 heteroatoms. The van der Waals surface area contributed by atoms with Crippen molar-refractivity contribution in [3.8, 4) is 0 Å². The van der Waals surface area contributed by atoms with Crippen LogP contribution in [0.25, 0.3) is 0 Å². The van der Waals surface area contributed by atoms with Crippen LogP contribution in [0.3, 0.4) is 0 Å². The Morgan fingerprint density at radius 3 is 2.47 bits per heavy atom. The molecule has 0 aromatic rings. The third kappa shape index (κ3) is 9.25. The largest absolute Gasteiger partial charge is 0.508 e. The highest BCUT2D eigenvalue weighted by Crippen LogP contribution is 2.01. The van der Waals surface area contributed by atoms with Gasteiger partial charge in [0.15, 0.2) is 0 Å². The number of Topliss-reactive ketones (excluding diaryl/α,β-unsaturated/α-hetero) is 1. The quantitative estimate of drug-likeness (QED) is 0.485. The van der Waals surface area contributed by atoms with Gasteiger partial charge in [-0.05, 0) is 33.1 Å². The molecule has 0 radical (unpaired) electrons. The van der Waals surface area contributed by atoms with Crippen molar-refractivity contribution in [1.29, 1.82) is 0 Å². The maximum absolute atomic E-state index is 11.0. The molecule has 0 spiro atoms. The van der Waals surface area contributed by atoms with Crippen LogP contribution in [0.1, 0.15) is 46.5 Å². The molecular weight excluding hydrogens is 196 g/mol. The lowest BCUT2D eigenvalue weighted by atomic mass is 10.2. The van der Waals surface area contributed by atoms with E-state index in [4.69, 9.17) is 9.47 Å². The van der Waals surface area contributed by atoms with Crippen LogP contribution in [0.5, 0.6) is 0 Å². The lowest BCUT2D eigenvalue weighted by Gasteiger charge is -2.10. The molecule has 1 atom stereocenters. The predicted molar refractivity (Wildman–Crippen MR) is 56.7 cm³/mol. The highest BCUT2D eigenvalue weighted by Gasteiger charge is 2.07. The van der Waals surface area contributed by atoms with E-state index in [1.54, 1.807) is 6.92 Å². The lowest BCUT2D eigenvalue weighted by molar-refractivity contribution is -0.117. The number of unbranched alkanes of at least 4 members (excludes halogenated alkanes) is 1. The molecule has 0 saturated heterocycles. The van der Waals surface area contributed by atoms with Crippen LogP contribution in [0.2, 0.25) is 0 Å². The molecule has 0 aliphatic carbocycles. The Bertz CT molecular complexity index is 201. The number of rotatable bonds is 7. The van der Waals surface area contributed by atoms with Gasteiger partial charge in [-0.2, -0.15) is 0 Å². The van der Waals surface area contributed by atoms with E-state index in [0.29, 0.717) is 19.4 Å². The van der Waals surface area contributed by atoms with Crippen molar-refractivity contribution in [1.82, 2.24) is 0 Å². The van der Waals surface area contributed by atoms with Crippen molar-refractivity contribution in [2.24, 2.45) is 0 Å². The van der Waals surface area contributed by atoms with Gasteiger partial charge in [-0.3, -0.25) is 0 Å². The molecule has 0 bridgehead atoms. The number of ether oxygens (including phenoxy) is 2. The smallest absolute Gasteiger partial charge is 0.434 e. The van der Waals surface area contributed by atoms with E-state index in [1.165, 1.54) is 0 Å². The van der Waals surface area contributed by atoms with Crippen LogP contribution in [-0.4, -0.2) is 24.6 Å². The van der Waals surface area contributed by atoms with E-state index in [9.17, 15) is 9.59 Å². The predicted octanol–water partition coefficient (Wildman–Crippen LogP) is 2.70. The maximum atomic E-state index is 11.0. The zero-order valence-electron chi connectivity index (χ0n) is 9.75. The number of hydrogen-bond acceptors (Lipinski definition) is 4. The van der Waals surface area contributed by atoms with Gasteiger partial charge in [0.1, 0.15) is 11.9 Å². The molecule has 0 aliphatic heterocycles. The molecule has 0 rings (SSSR count). The molecule has 0 aliphatic rings. The minimum atomic E-state index is -0.618. The Balaban J connectivity index is 3.35. The Morgan fingerprint density at radius 1 is 1.27 bits per heavy atom. The first kappa shape index (κ1) is 13.9. The van der Waals surface area contributed by atoms with Gasteiger partial charge in [-0.1, -0.05) is 6.92 Å². The number of hydrogen-bond donors (Lipinski definition) is 0. The summed E-state index contributed by atoms with van der Waals surface area (Å²) in [5, 5.41) is 0. The van der Waals surface area contributed by atoms with Crippen molar-refractivity contribution in [2.45, 2.75) is 52.6 Å². The summed E-state index contributed by atoms with van der Waals surface area (Å²) in [5.74, 6) is 0.164. The molecule has 0 aromatic heterocycles. The minimum Gasteiger partial charge on any atom is -0.434 e. The normalized spacial score (nSPS) is 11.9. The van der Waals surface area contributed by atoms with Gasteiger partial charge in [0.05, 0.1) is 6.61 Å². The molecule has 0 N–H and O–H groups in total. The van der Waals surface area contributed by atoms with E-state index in [0.717, 1.165) is 12.8 Å². The second kappa shape index (κ2) is 8.26. The summed E-state index contributed by atoms with van der Waals surface area (Å²) < 4.78 is 9.72. The summed E-state index contributed by atoms with van der Waals surface area (Å²) in [6.45, 7) is 5.63. The van der Waals surface area contributed by atoms with E-state index in [1.807, 2.05) is 13.8 Å².